The lowest BCUT2D eigenvalue weighted by Crippen LogP contribution is -2.66. The van der Waals surface area contributed by atoms with Crippen LogP contribution in [-0.4, -0.2) is 39.2 Å². The molecule has 4 aromatic carbocycles. The molecule has 0 unspecified atom stereocenters. The van der Waals surface area contributed by atoms with Crippen LogP contribution in [0.5, 0.6) is 5.75 Å². The van der Waals surface area contributed by atoms with E-state index in [9.17, 15) is 4.79 Å². The molecule has 6 nitrogen and oxygen atoms in total. The van der Waals surface area contributed by atoms with Gasteiger partial charge in [-0.2, -0.15) is 0 Å². The van der Waals surface area contributed by atoms with Crippen molar-refractivity contribution >= 4 is 46.5 Å². The maximum Gasteiger partial charge on any atom is 0.338 e. The number of methoxy groups -OCH3 is 1. The highest BCUT2D eigenvalue weighted by Gasteiger charge is 2.50. The Bertz CT molecular complexity index is 2050. The molecule has 0 spiro atoms. The summed E-state index contributed by atoms with van der Waals surface area (Å²) in [5.41, 5.74) is 4.24. The first kappa shape index (κ1) is 32.9. The standard InChI is InChI=1S/C42H45NO5Si/c1-6-46-41(44)31-26-37(45-5)39-34(23-24-47-49(42(2,3)4,32-16-9-7-10-17-32)33-18-11-8-12-19-33)40(48-38(39)27-31)36-25-30-15-13-14-20-35(30)43(36)28-29-21-22-29/h7-20,25-27,29H,6,21-24,28H2,1-5H3. The van der Waals surface area contributed by atoms with Crippen LogP contribution in [0.1, 0.15) is 56.5 Å². The van der Waals surface area contributed by atoms with E-state index < -0.39 is 14.3 Å². The number of hydrogen-bond donors (Lipinski definition) is 0. The number of aromatic nitrogens is 1. The van der Waals surface area contributed by atoms with Crippen molar-refractivity contribution in [3.63, 3.8) is 0 Å². The molecule has 1 saturated carbocycles. The van der Waals surface area contributed by atoms with Gasteiger partial charge in [0.25, 0.3) is 8.32 Å². The SMILES string of the molecule is CCOC(=O)c1cc(OC)c2c(CCO[Si](c3ccccc3)(c3ccccc3)C(C)(C)C)c(-c3cc4ccccc4n3CC3CC3)oc2c1. The minimum Gasteiger partial charge on any atom is -0.496 e. The Hall–Kier alpha value is -4.59. The highest BCUT2D eigenvalue weighted by atomic mass is 28.4. The fraction of sp³-hybridized carbons (Fsp3) is 0.310. The average Bonchev–Trinajstić information content (AvgIpc) is 3.76. The predicted molar refractivity (Wildman–Crippen MR) is 200 cm³/mol. The number of nitrogens with zero attached hydrogens (tertiary/aromatic N) is 1. The molecule has 0 N–H and O–H groups in total. The van der Waals surface area contributed by atoms with Gasteiger partial charge in [0.1, 0.15) is 11.3 Å². The summed E-state index contributed by atoms with van der Waals surface area (Å²) in [6, 6.07) is 35.8. The largest absolute Gasteiger partial charge is 0.496 e. The fourth-order valence-electron chi connectivity index (χ4n) is 7.41. The second-order valence-electron chi connectivity index (χ2n) is 14.1. The zero-order valence-electron chi connectivity index (χ0n) is 29.1. The molecule has 1 fully saturated rings. The Balaban J connectivity index is 1.38. The Labute approximate surface area is 289 Å². The van der Waals surface area contributed by atoms with E-state index in [0.717, 1.165) is 28.9 Å². The number of esters is 1. The fourth-order valence-corrected chi connectivity index (χ4v) is 12.0. The monoisotopic (exact) mass is 671 g/mol. The van der Waals surface area contributed by atoms with Gasteiger partial charge in [0, 0.05) is 29.6 Å². The molecule has 0 bridgehead atoms. The Morgan fingerprint density at radius 3 is 2.16 bits per heavy atom. The number of para-hydroxylation sites is 1. The van der Waals surface area contributed by atoms with E-state index in [0.29, 0.717) is 35.8 Å². The van der Waals surface area contributed by atoms with E-state index in [1.807, 2.05) is 0 Å². The van der Waals surface area contributed by atoms with Crippen molar-refractivity contribution in [2.75, 3.05) is 20.3 Å². The van der Waals surface area contributed by atoms with E-state index in [1.54, 1.807) is 26.2 Å². The number of carbonyl (C=O) groups is 1. The maximum atomic E-state index is 12.9. The first-order valence-electron chi connectivity index (χ1n) is 17.4. The number of rotatable bonds is 12. The summed E-state index contributed by atoms with van der Waals surface area (Å²) in [6.07, 6.45) is 3.07. The molecule has 1 aliphatic rings. The second-order valence-corrected chi connectivity index (χ2v) is 18.4. The number of hydrogen-bond acceptors (Lipinski definition) is 5. The zero-order chi connectivity index (χ0) is 34.2. The molecule has 0 atom stereocenters. The van der Waals surface area contributed by atoms with Gasteiger partial charge in [-0.3, -0.25) is 0 Å². The lowest BCUT2D eigenvalue weighted by atomic mass is 10.0. The van der Waals surface area contributed by atoms with Gasteiger partial charge in [0.15, 0.2) is 5.76 Å². The molecule has 6 aromatic rings. The maximum absolute atomic E-state index is 12.9. The molecule has 0 radical (unpaired) electrons. The summed E-state index contributed by atoms with van der Waals surface area (Å²) in [7, 11) is -1.14. The smallest absolute Gasteiger partial charge is 0.338 e. The molecule has 2 heterocycles. The average molecular weight is 672 g/mol. The Kier molecular flexibility index (Phi) is 8.99. The van der Waals surface area contributed by atoms with E-state index in [-0.39, 0.29) is 11.6 Å². The highest BCUT2D eigenvalue weighted by molar-refractivity contribution is 6.99. The first-order chi connectivity index (χ1) is 23.7. The van der Waals surface area contributed by atoms with Crippen LogP contribution in [-0.2, 0) is 22.1 Å². The number of furan rings is 1. The van der Waals surface area contributed by atoms with Crippen molar-refractivity contribution in [1.82, 2.24) is 4.57 Å². The van der Waals surface area contributed by atoms with E-state index in [2.05, 4.69) is 116 Å². The second kappa shape index (κ2) is 13.4. The zero-order valence-corrected chi connectivity index (χ0v) is 30.1. The van der Waals surface area contributed by atoms with Gasteiger partial charge < -0.3 is 22.9 Å². The van der Waals surface area contributed by atoms with Crippen LogP contribution >= 0.6 is 0 Å². The summed E-state index contributed by atoms with van der Waals surface area (Å²) in [5.74, 6) is 1.63. The van der Waals surface area contributed by atoms with E-state index in [1.165, 1.54) is 34.1 Å². The number of benzene rings is 4. The quantitative estimate of drug-likeness (QED) is 0.0962. The third kappa shape index (κ3) is 6.11. The van der Waals surface area contributed by atoms with Crippen molar-refractivity contribution < 1.29 is 23.1 Å². The number of fused-ring (bicyclic) bond motifs is 2. The lowest BCUT2D eigenvalue weighted by Gasteiger charge is -2.43. The molecule has 49 heavy (non-hydrogen) atoms. The summed E-state index contributed by atoms with van der Waals surface area (Å²) in [5, 5.41) is 4.37. The molecule has 2 aromatic heterocycles. The third-order valence-electron chi connectivity index (χ3n) is 9.85. The van der Waals surface area contributed by atoms with E-state index in [4.69, 9.17) is 18.3 Å². The van der Waals surface area contributed by atoms with Gasteiger partial charge in [-0.15, -0.1) is 0 Å². The molecule has 0 saturated heterocycles. The van der Waals surface area contributed by atoms with Crippen LogP contribution in [0.15, 0.2) is 108 Å². The normalized spacial score (nSPS) is 13.7. The van der Waals surface area contributed by atoms with Crippen molar-refractivity contribution in [1.29, 1.82) is 0 Å². The lowest BCUT2D eigenvalue weighted by molar-refractivity contribution is 0.0526. The molecular weight excluding hydrogens is 627 g/mol. The molecule has 0 aliphatic heterocycles. The van der Waals surface area contributed by atoms with Crippen LogP contribution in [0.2, 0.25) is 5.04 Å². The number of carbonyl (C=O) groups excluding carboxylic acids is 1. The van der Waals surface area contributed by atoms with Crippen LogP contribution in [0.4, 0.5) is 0 Å². The highest BCUT2D eigenvalue weighted by Crippen LogP contribution is 2.44. The first-order valence-corrected chi connectivity index (χ1v) is 19.3. The van der Waals surface area contributed by atoms with Gasteiger partial charge in [-0.25, -0.2) is 4.79 Å². The number of ether oxygens (including phenoxy) is 2. The molecule has 1 aliphatic carbocycles. The minimum atomic E-state index is -2.78. The topological polar surface area (TPSA) is 62.8 Å². The van der Waals surface area contributed by atoms with Crippen LogP contribution in [0.3, 0.4) is 0 Å². The van der Waals surface area contributed by atoms with Crippen molar-refractivity contribution in [3.05, 3.63) is 114 Å². The van der Waals surface area contributed by atoms with Crippen LogP contribution in [0.25, 0.3) is 33.3 Å². The van der Waals surface area contributed by atoms with Gasteiger partial charge in [0.2, 0.25) is 0 Å². The van der Waals surface area contributed by atoms with Crippen molar-refractivity contribution in [2.24, 2.45) is 5.92 Å². The summed E-state index contributed by atoms with van der Waals surface area (Å²) < 4.78 is 28.0. The van der Waals surface area contributed by atoms with E-state index >= 15 is 0 Å². The van der Waals surface area contributed by atoms with Gasteiger partial charge in [-0.1, -0.05) is 99.6 Å². The molecule has 7 heteroatoms. The van der Waals surface area contributed by atoms with Gasteiger partial charge in [-0.05, 0) is 71.8 Å². The Morgan fingerprint density at radius 2 is 1.55 bits per heavy atom. The van der Waals surface area contributed by atoms with Crippen molar-refractivity contribution in [3.8, 4) is 17.2 Å². The minimum absolute atomic E-state index is 0.153. The van der Waals surface area contributed by atoms with Crippen molar-refractivity contribution in [2.45, 2.75) is 58.5 Å². The summed E-state index contributed by atoms with van der Waals surface area (Å²) >= 11 is 0. The molecule has 0 amide bonds. The van der Waals surface area contributed by atoms with Gasteiger partial charge in [0.05, 0.1) is 30.4 Å². The third-order valence-corrected chi connectivity index (χ3v) is 14.9. The predicted octanol–water partition coefficient (Wildman–Crippen LogP) is 8.77. The molecular formula is C42H45NO5Si. The van der Waals surface area contributed by atoms with Crippen LogP contribution < -0.4 is 15.1 Å². The molecule has 252 valence electrons. The van der Waals surface area contributed by atoms with Gasteiger partial charge >= 0.3 is 5.97 Å². The summed E-state index contributed by atoms with van der Waals surface area (Å²) in [6.45, 7) is 10.4. The van der Waals surface area contributed by atoms with Crippen LogP contribution in [0, 0.1) is 5.92 Å². The summed E-state index contributed by atoms with van der Waals surface area (Å²) in [4.78, 5) is 12.9. The molecule has 7 rings (SSSR count). The Morgan fingerprint density at radius 1 is 0.898 bits per heavy atom.